The van der Waals surface area contributed by atoms with Crippen LogP contribution in [0.1, 0.15) is 31.4 Å². The maximum Gasteiger partial charge on any atom is 0.0353 e. The molecule has 1 atom stereocenters. The molecule has 1 unspecified atom stereocenters. The summed E-state index contributed by atoms with van der Waals surface area (Å²) in [7, 11) is 0. The van der Waals surface area contributed by atoms with Gasteiger partial charge in [0.05, 0.1) is 0 Å². The molecule has 0 N–H and O–H groups in total. The van der Waals surface area contributed by atoms with E-state index in [4.69, 9.17) is 6.42 Å². The van der Waals surface area contributed by atoms with E-state index in [0.717, 1.165) is 12.0 Å². The number of benzene rings is 2. The molecule has 0 heteroatoms. The molecule has 2 aromatic carbocycles. The van der Waals surface area contributed by atoms with Crippen molar-refractivity contribution in [1.29, 1.82) is 0 Å². The molecule has 0 nitrogen and oxygen atoms in total. The highest BCUT2D eigenvalue weighted by atomic mass is 14.1. The average Bonchev–Trinajstić information content (AvgIpc) is 2.38. The van der Waals surface area contributed by atoms with Gasteiger partial charge in [-0.2, -0.15) is 0 Å². The molecule has 0 aliphatic rings. The summed E-state index contributed by atoms with van der Waals surface area (Å²) in [5.41, 5.74) is 2.38. The molecule has 0 saturated carbocycles. The van der Waals surface area contributed by atoms with E-state index >= 15 is 0 Å². The molecule has 0 radical (unpaired) electrons. The molecular weight excluding hydrogens is 204 g/mol. The van der Waals surface area contributed by atoms with E-state index in [9.17, 15) is 0 Å². The summed E-state index contributed by atoms with van der Waals surface area (Å²) in [5.74, 6) is 3.55. The van der Waals surface area contributed by atoms with Gasteiger partial charge in [0.15, 0.2) is 0 Å². The number of hydrogen-bond donors (Lipinski definition) is 0. The van der Waals surface area contributed by atoms with Crippen molar-refractivity contribution in [3.05, 3.63) is 47.5 Å². The molecular formula is C17H18. The summed E-state index contributed by atoms with van der Waals surface area (Å²) in [6.45, 7) is 4.50. The number of fused-ring (bicyclic) bond motifs is 1. The summed E-state index contributed by atoms with van der Waals surface area (Å²) >= 11 is 0. The number of rotatable bonds is 3. The molecule has 2 rings (SSSR count). The van der Waals surface area contributed by atoms with Gasteiger partial charge in [0, 0.05) is 5.56 Å². The SMILES string of the molecule is C#Cc1c(CC(C)CC)ccc2ccccc12. The Morgan fingerprint density at radius 1 is 1.18 bits per heavy atom. The van der Waals surface area contributed by atoms with Crippen LogP contribution in [0.3, 0.4) is 0 Å². The maximum atomic E-state index is 5.68. The van der Waals surface area contributed by atoms with E-state index in [2.05, 4.69) is 56.2 Å². The summed E-state index contributed by atoms with van der Waals surface area (Å²) < 4.78 is 0. The van der Waals surface area contributed by atoms with Crippen LogP contribution in [0.25, 0.3) is 10.8 Å². The first-order chi connectivity index (χ1) is 8.26. The van der Waals surface area contributed by atoms with E-state index in [1.165, 1.54) is 22.8 Å². The van der Waals surface area contributed by atoms with Crippen LogP contribution in [-0.2, 0) is 6.42 Å². The van der Waals surface area contributed by atoms with Crippen LogP contribution in [0, 0.1) is 18.3 Å². The lowest BCUT2D eigenvalue weighted by Crippen LogP contribution is -2.00. The van der Waals surface area contributed by atoms with Gasteiger partial charge in [-0.15, -0.1) is 6.42 Å². The average molecular weight is 222 g/mol. The normalized spacial score (nSPS) is 12.3. The largest absolute Gasteiger partial charge is 0.115 e. The maximum absolute atomic E-state index is 5.68. The lowest BCUT2D eigenvalue weighted by atomic mass is 9.92. The van der Waals surface area contributed by atoms with Crippen molar-refractivity contribution in [2.24, 2.45) is 5.92 Å². The molecule has 0 fully saturated rings. The smallest absolute Gasteiger partial charge is 0.0353 e. The van der Waals surface area contributed by atoms with Gasteiger partial charge in [-0.3, -0.25) is 0 Å². The topological polar surface area (TPSA) is 0 Å². The Hall–Kier alpha value is -1.74. The van der Waals surface area contributed by atoms with Crippen molar-refractivity contribution in [3.8, 4) is 12.3 Å². The minimum Gasteiger partial charge on any atom is -0.115 e. The number of hydrogen-bond acceptors (Lipinski definition) is 0. The third-order valence-corrected chi connectivity index (χ3v) is 3.42. The Bertz CT molecular complexity index is 558. The van der Waals surface area contributed by atoms with Crippen molar-refractivity contribution in [3.63, 3.8) is 0 Å². The standard InChI is InChI=1S/C17H18/c1-4-13(3)12-15-11-10-14-8-6-7-9-17(14)16(15)5-2/h2,6-11,13H,4,12H2,1,3H3. The zero-order valence-electron chi connectivity index (χ0n) is 10.5. The molecule has 0 aromatic heterocycles. The second kappa shape index (κ2) is 5.06. The van der Waals surface area contributed by atoms with Crippen LogP contribution in [0.15, 0.2) is 36.4 Å². The van der Waals surface area contributed by atoms with Crippen LogP contribution in [0.4, 0.5) is 0 Å². The molecule has 0 spiro atoms. The quantitative estimate of drug-likeness (QED) is 0.675. The fraction of sp³-hybridized carbons (Fsp3) is 0.294. The van der Waals surface area contributed by atoms with Gasteiger partial charge in [0.2, 0.25) is 0 Å². The fourth-order valence-electron chi connectivity index (χ4n) is 2.18. The van der Waals surface area contributed by atoms with Crippen LogP contribution in [0.5, 0.6) is 0 Å². The zero-order valence-corrected chi connectivity index (χ0v) is 10.5. The summed E-state index contributed by atoms with van der Waals surface area (Å²) in [5, 5.41) is 2.43. The fourth-order valence-corrected chi connectivity index (χ4v) is 2.18. The van der Waals surface area contributed by atoms with Crippen LogP contribution in [0.2, 0.25) is 0 Å². The summed E-state index contributed by atoms with van der Waals surface area (Å²) in [6.07, 6.45) is 7.95. The Balaban J connectivity index is 2.54. The van der Waals surface area contributed by atoms with Crippen molar-refractivity contribution in [1.82, 2.24) is 0 Å². The first-order valence-electron chi connectivity index (χ1n) is 6.23. The molecule has 17 heavy (non-hydrogen) atoms. The van der Waals surface area contributed by atoms with Gasteiger partial charge in [-0.1, -0.05) is 62.6 Å². The van der Waals surface area contributed by atoms with Crippen LogP contribution < -0.4 is 0 Å². The molecule has 2 aromatic rings. The van der Waals surface area contributed by atoms with E-state index in [0.29, 0.717) is 5.92 Å². The molecule has 86 valence electrons. The second-order valence-electron chi connectivity index (χ2n) is 4.68. The monoisotopic (exact) mass is 222 g/mol. The second-order valence-corrected chi connectivity index (χ2v) is 4.68. The molecule has 0 bridgehead atoms. The van der Waals surface area contributed by atoms with Crippen molar-refractivity contribution in [2.45, 2.75) is 26.7 Å². The van der Waals surface area contributed by atoms with Gasteiger partial charge in [0.25, 0.3) is 0 Å². The Morgan fingerprint density at radius 3 is 2.65 bits per heavy atom. The highest BCUT2D eigenvalue weighted by Crippen LogP contribution is 2.24. The highest BCUT2D eigenvalue weighted by molar-refractivity contribution is 5.89. The van der Waals surface area contributed by atoms with Gasteiger partial charge < -0.3 is 0 Å². The van der Waals surface area contributed by atoms with Gasteiger partial charge >= 0.3 is 0 Å². The Morgan fingerprint density at radius 2 is 1.94 bits per heavy atom. The number of terminal acetylenes is 1. The Labute approximate surface area is 104 Å². The predicted molar refractivity (Wildman–Crippen MR) is 75.0 cm³/mol. The third-order valence-electron chi connectivity index (χ3n) is 3.42. The van der Waals surface area contributed by atoms with Crippen molar-refractivity contribution >= 4 is 10.8 Å². The first kappa shape index (κ1) is 11.7. The highest BCUT2D eigenvalue weighted by Gasteiger charge is 2.08. The summed E-state index contributed by atoms with van der Waals surface area (Å²) in [6, 6.07) is 12.7. The molecule has 0 amide bonds. The van der Waals surface area contributed by atoms with Gasteiger partial charge in [-0.05, 0) is 28.7 Å². The Kier molecular flexibility index (Phi) is 3.49. The first-order valence-corrected chi connectivity index (χ1v) is 6.23. The zero-order chi connectivity index (χ0) is 12.3. The predicted octanol–water partition coefficient (Wildman–Crippen LogP) is 4.41. The minimum atomic E-state index is 0.684. The van der Waals surface area contributed by atoms with E-state index < -0.39 is 0 Å². The van der Waals surface area contributed by atoms with Crippen molar-refractivity contribution in [2.75, 3.05) is 0 Å². The van der Waals surface area contributed by atoms with Crippen LogP contribution >= 0.6 is 0 Å². The minimum absolute atomic E-state index is 0.684. The van der Waals surface area contributed by atoms with E-state index in [1.807, 2.05) is 0 Å². The lowest BCUT2D eigenvalue weighted by molar-refractivity contribution is 0.560. The molecule has 0 saturated heterocycles. The molecule has 0 aliphatic carbocycles. The summed E-state index contributed by atoms with van der Waals surface area (Å²) in [4.78, 5) is 0. The van der Waals surface area contributed by atoms with E-state index in [1.54, 1.807) is 0 Å². The van der Waals surface area contributed by atoms with Crippen LogP contribution in [-0.4, -0.2) is 0 Å². The lowest BCUT2D eigenvalue weighted by Gasteiger charge is -2.12. The molecule has 0 aliphatic heterocycles. The van der Waals surface area contributed by atoms with Gasteiger partial charge in [-0.25, -0.2) is 0 Å². The van der Waals surface area contributed by atoms with E-state index in [-0.39, 0.29) is 0 Å². The van der Waals surface area contributed by atoms with Crippen molar-refractivity contribution < 1.29 is 0 Å². The van der Waals surface area contributed by atoms with Gasteiger partial charge in [0.1, 0.15) is 0 Å². The molecule has 0 heterocycles. The third kappa shape index (κ3) is 2.34.